The first-order valence-corrected chi connectivity index (χ1v) is 7.29. The second-order valence-corrected chi connectivity index (χ2v) is 5.34. The van der Waals surface area contributed by atoms with Gasteiger partial charge in [-0.1, -0.05) is 42.5 Å². The minimum absolute atomic E-state index is 0.591. The summed E-state index contributed by atoms with van der Waals surface area (Å²) in [6.45, 7) is 1.92. The molecule has 4 heteroatoms. The normalized spacial score (nSPS) is 10.3. The summed E-state index contributed by atoms with van der Waals surface area (Å²) in [5, 5.41) is 7.29. The maximum atomic E-state index is 12.0. The summed E-state index contributed by atoms with van der Waals surface area (Å²) in [5.74, 6) is -1.38. The zero-order valence-electron chi connectivity index (χ0n) is 12.7. The first-order chi connectivity index (χ1) is 11.1. The van der Waals surface area contributed by atoms with Gasteiger partial charge in [-0.25, -0.2) is 0 Å². The van der Waals surface area contributed by atoms with Crippen molar-refractivity contribution in [1.29, 1.82) is 0 Å². The maximum absolute atomic E-state index is 12.0. The molecule has 3 aromatic rings. The molecule has 0 heterocycles. The molecule has 0 bridgehead atoms. The summed E-state index contributed by atoms with van der Waals surface area (Å²) in [4.78, 5) is 24.0. The molecule has 0 aromatic heterocycles. The molecule has 0 aliphatic rings. The van der Waals surface area contributed by atoms with E-state index in [-0.39, 0.29) is 0 Å². The number of carbonyl (C=O) groups is 2. The van der Waals surface area contributed by atoms with Gasteiger partial charge in [-0.05, 0) is 47.5 Å². The first-order valence-electron chi connectivity index (χ1n) is 7.29. The van der Waals surface area contributed by atoms with E-state index in [0.29, 0.717) is 11.4 Å². The molecule has 0 atom stereocenters. The van der Waals surface area contributed by atoms with Crippen molar-refractivity contribution in [1.82, 2.24) is 0 Å². The van der Waals surface area contributed by atoms with Crippen LogP contribution >= 0.6 is 0 Å². The zero-order valence-corrected chi connectivity index (χ0v) is 12.7. The Morgan fingerprint density at radius 1 is 0.696 bits per heavy atom. The third-order valence-corrected chi connectivity index (χ3v) is 3.49. The summed E-state index contributed by atoms with van der Waals surface area (Å²) in [6, 6.07) is 20.7. The predicted molar refractivity (Wildman–Crippen MR) is 92.4 cm³/mol. The Morgan fingerprint density at radius 2 is 1.35 bits per heavy atom. The van der Waals surface area contributed by atoms with Gasteiger partial charge in [0.05, 0.1) is 0 Å². The molecule has 23 heavy (non-hydrogen) atoms. The number of rotatable bonds is 2. The lowest BCUT2D eigenvalue weighted by molar-refractivity contribution is -0.132. The van der Waals surface area contributed by atoms with Crippen molar-refractivity contribution >= 4 is 34.0 Å². The molecule has 2 N–H and O–H groups in total. The van der Waals surface area contributed by atoms with Gasteiger partial charge in [0.1, 0.15) is 0 Å². The van der Waals surface area contributed by atoms with Crippen molar-refractivity contribution in [3.63, 3.8) is 0 Å². The van der Waals surface area contributed by atoms with Crippen LogP contribution in [-0.2, 0) is 9.59 Å². The Bertz CT molecular complexity index is 887. The van der Waals surface area contributed by atoms with Gasteiger partial charge in [-0.2, -0.15) is 0 Å². The molecule has 0 unspecified atom stereocenters. The van der Waals surface area contributed by atoms with E-state index >= 15 is 0 Å². The fourth-order valence-corrected chi connectivity index (χ4v) is 2.37. The smallest absolute Gasteiger partial charge is 0.314 e. The molecular formula is C19H16N2O2. The van der Waals surface area contributed by atoms with Crippen LogP contribution in [0.25, 0.3) is 10.8 Å². The molecule has 3 rings (SSSR count). The van der Waals surface area contributed by atoms with Gasteiger partial charge >= 0.3 is 11.8 Å². The highest BCUT2D eigenvalue weighted by Gasteiger charge is 2.14. The van der Waals surface area contributed by atoms with Crippen LogP contribution < -0.4 is 10.6 Å². The Hall–Kier alpha value is -3.14. The Morgan fingerprint density at radius 3 is 2.04 bits per heavy atom. The fourth-order valence-electron chi connectivity index (χ4n) is 2.37. The average Bonchev–Trinajstić information content (AvgIpc) is 2.54. The van der Waals surface area contributed by atoms with Crippen LogP contribution in [0, 0.1) is 6.92 Å². The average molecular weight is 304 g/mol. The van der Waals surface area contributed by atoms with Crippen molar-refractivity contribution in [2.75, 3.05) is 10.6 Å². The van der Waals surface area contributed by atoms with Crippen LogP contribution in [-0.4, -0.2) is 11.8 Å². The lowest BCUT2D eigenvalue weighted by Gasteiger charge is -2.08. The quantitative estimate of drug-likeness (QED) is 0.709. The van der Waals surface area contributed by atoms with Crippen molar-refractivity contribution in [3.05, 3.63) is 72.3 Å². The van der Waals surface area contributed by atoms with Gasteiger partial charge in [0.15, 0.2) is 0 Å². The number of amides is 2. The standard InChI is InChI=1S/C19H16N2O2/c1-13-5-4-8-16(11-13)20-18(22)19(23)21-17-10-9-14-6-2-3-7-15(14)12-17/h2-12H,1H3,(H,20,22)(H,21,23). The second kappa shape index (κ2) is 6.32. The van der Waals surface area contributed by atoms with Gasteiger partial charge < -0.3 is 10.6 Å². The summed E-state index contributed by atoms with van der Waals surface area (Å²) in [6.07, 6.45) is 0. The summed E-state index contributed by atoms with van der Waals surface area (Å²) >= 11 is 0. The molecule has 4 nitrogen and oxygen atoms in total. The van der Waals surface area contributed by atoms with E-state index in [4.69, 9.17) is 0 Å². The third-order valence-electron chi connectivity index (χ3n) is 3.49. The van der Waals surface area contributed by atoms with E-state index in [2.05, 4.69) is 10.6 Å². The Balaban J connectivity index is 1.71. The van der Waals surface area contributed by atoms with Crippen LogP contribution in [0.15, 0.2) is 66.7 Å². The van der Waals surface area contributed by atoms with Crippen LogP contribution in [0.4, 0.5) is 11.4 Å². The topological polar surface area (TPSA) is 58.2 Å². The van der Waals surface area contributed by atoms with Crippen LogP contribution in [0.2, 0.25) is 0 Å². The molecule has 3 aromatic carbocycles. The number of hydrogen-bond acceptors (Lipinski definition) is 2. The highest BCUT2D eigenvalue weighted by atomic mass is 16.2. The van der Waals surface area contributed by atoms with Crippen molar-refractivity contribution < 1.29 is 9.59 Å². The lowest BCUT2D eigenvalue weighted by atomic mass is 10.1. The van der Waals surface area contributed by atoms with Gasteiger partial charge in [0.25, 0.3) is 0 Å². The summed E-state index contributed by atoms with van der Waals surface area (Å²) < 4.78 is 0. The molecule has 0 fully saturated rings. The highest BCUT2D eigenvalue weighted by molar-refractivity contribution is 6.43. The van der Waals surface area contributed by atoms with Gasteiger partial charge in [-0.15, -0.1) is 0 Å². The van der Waals surface area contributed by atoms with Gasteiger partial charge in [0, 0.05) is 11.4 Å². The largest absolute Gasteiger partial charge is 0.318 e. The second-order valence-electron chi connectivity index (χ2n) is 5.34. The van der Waals surface area contributed by atoms with Gasteiger partial charge in [0.2, 0.25) is 0 Å². The molecule has 0 spiro atoms. The minimum atomic E-state index is -0.693. The fraction of sp³-hybridized carbons (Fsp3) is 0.0526. The lowest BCUT2D eigenvalue weighted by Crippen LogP contribution is -2.29. The molecule has 2 amide bonds. The highest BCUT2D eigenvalue weighted by Crippen LogP contribution is 2.19. The third kappa shape index (κ3) is 3.55. The van der Waals surface area contributed by atoms with Crippen molar-refractivity contribution in [2.24, 2.45) is 0 Å². The monoisotopic (exact) mass is 304 g/mol. The maximum Gasteiger partial charge on any atom is 0.314 e. The van der Waals surface area contributed by atoms with Crippen molar-refractivity contribution in [3.8, 4) is 0 Å². The molecule has 114 valence electrons. The first kappa shape index (κ1) is 14.8. The summed E-state index contributed by atoms with van der Waals surface area (Å²) in [5.41, 5.74) is 2.20. The number of carbonyl (C=O) groups excluding carboxylic acids is 2. The molecule has 0 saturated carbocycles. The zero-order chi connectivity index (χ0) is 16.2. The predicted octanol–water partition coefficient (Wildman–Crippen LogP) is 3.73. The SMILES string of the molecule is Cc1cccc(NC(=O)C(=O)Nc2ccc3ccccc3c2)c1. The van der Waals surface area contributed by atoms with Crippen molar-refractivity contribution in [2.45, 2.75) is 6.92 Å². The molecular weight excluding hydrogens is 288 g/mol. The Kier molecular flexibility index (Phi) is 4.06. The van der Waals surface area contributed by atoms with E-state index in [1.165, 1.54) is 0 Å². The Labute approximate surface area is 134 Å². The van der Waals surface area contributed by atoms with E-state index in [1.54, 1.807) is 18.2 Å². The number of hydrogen-bond donors (Lipinski definition) is 2. The van der Waals surface area contributed by atoms with Crippen LogP contribution in [0.3, 0.4) is 0 Å². The van der Waals surface area contributed by atoms with Crippen LogP contribution in [0.1, 0.15) is 5.56 Å². The van der Waals surface area contributed by atoms with Crippen LogP contribution in [0.5, 0.6) is 0 Å². The molecule has 0 aliphatic carbocycles. The van der Waals surface area contributed by atoms with E-state index in [0.717, 1.165) is 16.3 Å². The van der Waals surface area contributed by atoms with E-state index < -0.39 is 11.8 Å². The number of fused-ring (bicyclic) bond motifs is 1. The minimum Gasteiger partial charge on any atom is -0.318 e. The van der Waals surface area contributed by atoms with E-state index in [9.17, 15) is 9.59 Å². The number of aryl methyl sites for hydroxylation is 1. The molecule has 0 saturated heterocycles. The number of anilines is 2. The number of benzene rings is 3. The molecule has 0 radical (unpaired) electrons. The van der Waals surface area contributed by atoms with E-state index in [1.807, 2.05) is 55.5 Å². The van der Waals surface area contributed by atoms with Gasteiger partial charge in [-0.3, -0.25) is 9.59 Å². The number of nitrogens with one attached hydrogen (secondary N) is 2. The summed E-state index contributed by atoms with van der Waals surface area (Å²) in [7, 11) is 0. The molecule has 0 aliphatic heterocycles.